The molecular weight excluding hydrogens is 181 g/mol. The summed E-state index contributed by atoms with van der Waals surface area (Å²) in [6, 6.07) is 0. The van der Waals surface area contributed by atoms with E-state index in [1.54, 1.807) is 0 Å². The van der Waals surface area contributed by atoms with Crippen LogP contribution in [0.2, 0.25) is 0 Å². The van der Waals surface area contributed by atoms with E-state index >= 15 is 0 Å². The van der Waals surface area contributed by atoms with Crippen molar-refractivity contribution in [3.63, 3.8) is 0 Å². The molecular formula is H5CoNiPS. The molecule has 0 aliphatic carbocycles. The molecule has 0 rings (SSSR count). The van der Waals surface area contributed by atoms with Gasteiger partial charge in [0, 0.05) is 33.3 Å². The van der Waals surface area contributed by atoms with E-state index in [9.17, 15) is 0 Å². The molecule has 0 aromatic heterocycles. The molecule has 1 radical (unpaired) electrons. The Morgan fingerprint density at radius 2 is 1.00 bits per heavy atom. The first-order valence-electron chi connectivity index (χ1n) is 0. The van der Waals surface area contributed by atoms with Gasteiger partial charge in [0.05, 0.1) is 0 Å². The average molecular weight is 186 g/mol. The van der Waals surface area contributed by atoms with Gasteiger partial charge in [-0.1, -0.05) is 0 Å². The predicted octanol–water partition coefficient (Wildman–Crippen LogP) is 0.166. The molecule has 1 unspecified atom stereocenters. The van der Waals surface area contributed by atoms with Crippen LogP contribution < -0.4 is 0 Å². The minimum absolute atomic E-state index is 0. The minimum atomic E-state index is 0. The summed E-state index contributed by atoms with van der Waals surface area (Å²) < 4.78 is 0. The van der Waals surface area contributed by atoms with Gasteiger partial charge in [0.15, 0.2) is 0 Å². The van der Waals surface area contributed by atoms with Gasteiger partial charge in [-0.05, 0) is 0 Å². The van der Waals surface area contributed by atoms with Gasteiger partial charge in [0.1, 0.15) is 0 Å². The summed E-state index contributed by atoms with van der Waals surface area (Å²) in [4.78, 5) is 0. The SMILES string of the molecule is P.S.[Co].[Ni]. The second-order valence-corrected chi connectivity index (χ2v) is 0. The second-order valence-electron chi connectivity index (χ2n) is 0. The maximum Gasteiger partial charge on any atom is 0 e. The summed E-state index contributed by atoms with van der Waals surface area (Å²) in [6.45, 7) is 0. The third kappa shape index (κ3) is 9.22. The van der Waals surface area contributed by atoms with Gasteiger partial charge in [-0.3, -0.25) is 0 Å². The van der Waals surface area contributed by atoms with Crippen molar-refractivity contribution in [2.45, 2.75) is 0 Å². The van der Waals surface area contributed by atoms with Crippen molar-refractivity contribution in [2.24, 2.45) is 0 Å². The van der Waals surface area contributed by atoms with E-state index in [2.05, 4.69) is 0 Å². The van der Waals surface area contributed by atoms with Crippen LogP contribution in [0.25, 0.3) is 0 Å². The Morgan fingerprint density at radius 1 is 1.00 bits per heavy atom. The Bertz CT molecular complexity index is 8.00. The normalized spacial score (nSPS) is 0. The van der Waals surface area contributed by atoms with E-state index in [0.717, 1.165) is 0 Å². The van der Waals surface area contributed by atoms with Crippen LogP contribution in [0.15, 0.2) is 0 Å². The fourth-order valence-corrected chi connectivity index (χ4v) is 0. The Balaban J connectivity index is 0. The minimum Gasteiger partial charge on any atom is -0.197 e. The maximum absolute atomic E-state index is 0. The first kappa shape index (κ1) is 41.7. The summed E-state index contributed by atoms with van der Waals surface area (Å²) >= 11 is 0. The van der Waals surface area contributed by atoms with E-state index < -0.39 is 0 Å². The predicted molar refractivity (Wildman–Crippen MR) is 21.5 cm³/mol. The van der Waals surface area contributed by atoms with Gasteiger partial charge in [-0.15, -0.1) is 0 Å². The van der Waals surface area contributed by atoms with Crippen molar-refractivity contribution < 1.29 is 33.3 Å². The fraction of sp³-hybridized carbons (Fsp3) is 0. The quantitative estimate of drug-likeness (QED) is 0.373. The second kappa shape index (κ2) is 21.6. The first-order chi connectivity index (χ1) is 0. The van der Waals surface area contributed by atoms with Gasteiger partial charge in [0.2, 0.25) is 0 Å². The summed E-state index contributed by atoms with van der Waals surface area (Å²) in [5, 5.41) is 0. The van der Waals surface area contributed by atoms with Crippen molar-refractivity contribution >= 4 is 23.4 Å². The Morgan fingerprint density at radius 3 is 1.00 bits per heavy atom. The zero-order valence-corrected chi connectivity index (χ0v) is 6.30. The van der Waals surface area contributed by atoms with Crippen LogP contribution in [-0.2, 0) is 33.3 Å². The Labute approximate surface area is 56.7 Å². The van der Waals surface area contributed by atoms with E-state index in [-0.39, 0.29) is 56.7 Å². The Hall–Kier alpha value is 1.78. The van der Waals surface area contributed by atoms with E-state index in [4.69, 9.17) is 0 Å². The topological polar surface area (TPSA) is 0 Å². The first-order valence-corrected chi connectivity index (χ1v) is 0. The molecule has 0 aliphatic heterocycles. The van der Waals surface area contributed by atoms with Crippen LogP contribution in [0.3, 0.4) is 0 Å². The van der Waals surface area contributed by atoms with Gasteiger partial charge in [0.25, 0.3) is 0 Å². The maximum atomic E-state index is 0. The largest absolute Gasteiger partial charge is 0.197 e. The summed E-state index contributed by atoms with van der Waals surface area (Å²) in [7, 11) is 0. The van der Waals surface area contributed by atoms with Crippen molar-refractivity contribution in [3.05, 3.63) is 0 Å². The van der Waals surface area contributed by atoms with Crippen LogP contribution in [0.4, 0.5) is 0 Å². The monoisotopic (exact) mass is 185 g/mol. The zero-order valence-electron chi connectivity index (χ0n) is 1.86. The molecule has 0 heterocycles. The summed E-state index contributed by atoms with van der Waals surface area (Å²) in [5.41, 5.74) is 0. The number of hydrogen-bond donors (Lipinski definition) is 0. The van der Waals surface area contributed by atoms with Crippen LogP contribution in [0, 0.1) is 0 Å². The van der Waals surface area contributed by atoms with Gasteiger partial charge >= 0.3 is 0 Å². The van der Waals surface area contributed by atoms with E-state index in [0.29, 0.717) is 0 Å². The molecule has 0 aromatic carbocycles. The molecule has 35 valence electrons. The third-order valence-corrected chi connectivity index (χ3v) is 0. The molecule has 1 atom stereocenters. The average Bonchev–Trinajstić information content (AvgIpc) is 0. The molecule has 0 fully saturated rings. The molecule has 4 heteroatoms. The Kier molecular flexibility index (Phi) is 225. The fourth-order valence-electron chi connectivity index (χ4n) is 0. The molecule has 0 bridgehead atoms. The molecule has 0 amide bonds. The zero-order chi connectivity index (χ0) is 0. The van der Waals surface area contributed by atoms with Gasteiger partial charge < -0.3 is 0 Å². The smallest absolute Gasteiger partial charge is 0 e. The molecule has 0 N–H and O–H groups in total. The number of hydrogen-bond acceptors (Lipinski definition) is 0. The molecule has 0 nitrogen and oxygen atoms in total. The van der Waals surface area contributed by atoms with Crippen molar-refractivity contribution in [2.75, 3.05) is 0 Å². The van der Waals surface area contributed by atoms with Crippen LogP contribution in [0.5, 0.6) is 0 Å². The van der Waals surface area contributed by atoms with Crippen LogP contribution in [-0.4, -0.2) is 0 Å². The molecule has 0 aliphatic rings. The molecule has 0 spiro atoms. The van der Waals surface area contributed by atoms with Crippen molar-refractivity contribution in [1.82, 2.24) is 0 Å². The van der Waals surface area contributed by atoms with Crippen LogP contribution in [0.1, 0.15) is 0 Å². The summed E-state index contributed by atoms with van der Waals surface area (Å²) in [6.07, 6.45) is 0. The van der Waals surface area contributed by atoms with Gasteiger partial charge in [-0.2, -0.15) is 23.4 Å². The number of rotatable bonds is 0. The molecule has 4 heavy (non-hydrogen) atoms. The van der Waals surface area contributed by atoms with E-state index in [1.807, 2.05) is 0 Å². The molecule has 0 saturated carbocycles. The van der Waals surface area contributed by atoms with Crippen LogP contribution >= 0.6 is 23.4 Å². The van der Waals surface area contributed by atoms with Crippen molar-refractivity contribution in [3.8, 4) is 0 Å². The molecule has 0 aromatic rings. The standard InChI is InChI=1S/Co.Ni.H3P.H2S/h;;1H3;1H2. The van der Waals surface area contributed by atoms with Crippen molar-refractivity contribution in [1.29, 1.82) is 0 Å². The third-order valence-electron chi connectivity index (χ3n) is 0. The molecule has 0 saturated heterocycles. The summed E-state index contributed by atoms with van der Waals surface area (Å²) in [5.74, 6) is 0. The van der Waals surface area contributed by atoms with E-state index in [1.165, 1.54) is 0 Å². The van der Waals surface area contributed by atoms with Gasteiger partial charge in [-0.25, -0.2) is 0 Å².